The van der Waals surface area contributed by atoms with Gasteiger partial charge in [0, 0.05) is 11.0 Å². The average molecular weight is 160 g/mol. The van der Waals surface area contributed by atoms with Gasteiger partial charge in [0.15, 0.2) is 0 Å². The summed E-state index contributed by atoms with van der Waals surface area (Å²) in [6.07, 6.45) is 12.0. The van der Waals surface area contributed by atoms with Gasteiger partial charge in [-0.25, -0.2) is 0 Å². The first-order valence-electron chi connectivity index (χ1n) is 4.14. The maximum absolute atomic E-state index is 5.38. The summed E-state index contributed by atoms with van der Waals surface area (Å²) in [7, 11) is 0. The smallest absolute Gasteiger partial charge is 0.130 e. The van der Waals surface area contributed by atoms with Crippen LogP contribution in [-0.2, 0) is 4.74 Å². The van der Waals surface area contributed by atoms with Crippen LogP contribution < -0.4 is 0 Å². The molecule has 12 heavy (non-hydrogen) atoms. The Kier molecular flexibility index (Phi) is 1.47. The molecule has 0 unspecified atom stereocenters. The molecule has 0 aromatic heterocycles. The monoisotopic (exact) mass is 160 g/mol. The predicted octanol–water partition coefficient (Wildman–Crippen LogP) is 2.94. The van der Waals surface area contributed by atoms with Gasteiger partial charge in [-0.2, -0.15) is 0 Å². The van der Waals surface area contributed by atoms with Crippen LogP contribution in [0.3, 0.4) is 0 Å². The van der Waals surface area contributed by atoms with E-state index in [1.807, 2.05) is 18.2 Å². The molecule has 1 heterocycles. The molecule has 0 radical (unpaired) electrons. The van der Waals surface area contributed by atoms with E-state index in [2.05, 4.69) is 26.0 Å². The Bertz CT molecular complexity index is 314. The lowest BCUT2D eigenvalue weighted by Crippen LogP contribution is -2.17. The van der Waals surface area contributed by atoms with E-state index in [0.717, 1.165) is 5.76 Å². The standard InChI is InChI=1S/C11H12O/c1-11(2)7-3-6-10-9(11)5-4-8-12-10/h3-8H,1-2H3. The van der Waals surface area contributed by atoms with E-state index < -0.39 is 0 Å². The van der Waals surface area contributed by atoms with Crippen LogP contribution in [0.1, 0.15) is 13.8 Å². The van der Waals surface area contributed by atoms with Crippen molar-refractivity contribution < 1.29 is 4.74 Å². The summed E-state index contributed by atoms with van der Waals surface area (Å²) in [6.45, 7) is 4.37. The van der Waals surface area contributed by atoms with E-state index >= 15 is 0 Å². The lowest BCUT2D eigenvalue weighted by molar-refractivity contribution is 0.333. The Hall–Kier alpha value is -1.24. The molecule has 0 atom stereocenters. The first-order valence-corrected chi connectivity index (χ1v) is 4.14. The van der Waals surface area contributed by atoms with Crippen molar-refractivity contribution in [1.82, 2.24) is 0 Å². The Morgan fingerprint density at radius 2 is 2.00 bits per heavy atom. The summed E-state index contributed by atoms with van der Waals surface area (Å²) in [5, 5.41) is 0. The molecule has 0 bridgehead atoms. The molecular formula is C11H12O. The van der Waals surface area contributed by atoms with Crippen LogP contribution in [0.25, 0.3) is 0 Å². The molecule has 62 valence electrons. The third kappa shape index (κ3) is 1.02. The fourth-order valence-electron chi connectivity index (χ4n) is 1.52. The topological polar surface area (TPSA) is 9.23 Å². The zero-order valence-electron chi connectivity index (χ0n) is 7.37. The van der Waals surface area contributed by atoms with E-state index in [9.17, 15) is 0 Å². The summed E-state index contributed by atoms with van der Waals surface area (Å²) >= 11 is 0. The molecule has 1 aliphatic heterocycles. The molecule has 1 aliphatic carbocycles. The number of rotatable bonds is 0. The third-order valence-electron chi connectivity index (χ3n) is 2.26. The second kappa shape index (κ2) is 2.37. The van der Waals surface area contributed by atoms with Crippen molar-refractivity contribution in [2.24, 2.45) is 5.41 Å². The minimum atomic E-state index is 0.106. The van der Waals surface area contributed by atoms with Gasteiger partial charge in [0.2, 0.25) is 0 Å². The van der Waals surface area contributed by atoms with Gasteiger partial charge in [-0.15, -0.1) is 0 Å². The van der Waals surface area contributed by atoms with Crippen LogP contribution in [0.5, 0.6) is 0 Å². The first kappa shape index (κ1) is 7.41. The van der Waals surface area contributed by atoms with Crippen molar-refractivity contribution in [3.63, 3.8) is 0 Å². The van der Waals surface area contributed by atoms with Crippen LogP contribution in [-0.4, -0.2) is 0 Å². The van der Waals surface area contributed by atoms with Gasteiger partial charge >= 0.3 is 0 Å². The van der Waals surface area contributed by atoms with Gasteiger partial charge in [0.25, 0.3) is 0 Å². The first-order chi connectivity index (χ1) is 5.70. The van der Waals surface area contributed by atoms with Gasteiger partial charge in [-0.1, -0.05) is 32.1 Å². The Labute approximate surface area is 72.7 Å². The fraction of sp³-hybridized carbons (Fsp3) is 0.273. The highest BCUT2D eigenvalue weighted by molar-refractivity contribution is 5.45. The van der Waals surface area contributed by atoms with Crippen LogP contribution in [0.15, 0.2) is 48.0 Å². The number of hydrogen-bond donors (Lipinski definition) is 0. The highest BCUT2D eigenvalue weighted by Gasteiger charge is 2.26. The number of hydrogen-bond acceptors (Lipinski definition) is 1. The summed E-state index contributed by atoms with van der Waals surface area (Å²) in [5.74, 6) is 0.977. The van der Waals surface area contributed by atoms with Gasteiger partial charge in [-0.05, 0) is 12.2 Å². The molecule has 0 aromatic rings. The van der Waals surface area contributed by atoms with E-state index in [0.29, 0.717) is 0 Å². The summed E-state index contributed by atoms with van der Waals surface area (Å²) < 4.78 is 5.38. The predicted molar refractivity (Wildman–Crippen MR) is 49.3 cm³/mol. The average Bonchev–Trinajstić information content (AvgIpc) is 2.04. The molecule has 0 saturated heterocycles. The van der Waals surface area contributed by atoms with Gasteiger partial charge in [-0.3, -0.25) is 0 Å². The molecule has 0 saturated carbocycles. The van der Waals surface area contributed by atoms with E-state index in [1.165, 1.54) is 5.57 Å². The Morgan fingerprint density at radius 1 is 1.17 bits per heavy atom. The van der Waals surface area contributed by atoms with Gasteiger partial charge in [0.05, 0.1) is 6.26 Å². The molecule has 0 fully saturated rings. The molecule has 1 heteroatoms. The zero-order chi connectivity index (χ0) is 8.60. The maximum Gasteiger partial charge on any atom is 0.130 e. The van der Waals surface area contributed by atoms with Crippen LogP contribution >= 0.6 is 0 Å². The largest absolute Gasteiger partial charge is 0.465 e. The van der Waals surface area contributed by atoms with Crippen molar-refractivity contribution in [3.05, 3.63) is 48.0 Å². The Balaban J connectivity index is 2.48. The molecule has 0 amide bonds. The van der Waals surface area contributed by atoms with Crippen LogP contribution in [0.4, 0.5) is 0 Å². The highest BCUT2D eigenvalue weighted by atomic mass is 16.5. The van der Waals surface area contributed by atoms with Crippen LogP contribution in [0.2, 0.25) is 0 Å². The maximum atomic E-state index is 5.38. The van der Waals surface area contributed by atoms with Crippen molar-refractivity contribution in [3.8, 4) is 0 Å². The highest BCUT2D eigenvalue weighted by Crippen LogP contribution is 2.38. The zero-order valence-corrected chi connectivity index (χ0v) is 7.37. The van der Waals surface area contributed by atoms with E-state index in [4.69, 9.17) is 4.74 Å². The molecule has 0 N–H and O–H groups in total. The second-order valence-corrected chi connectivity index (χ2v) is 3.64. The molecule has 0 aromatic carbocycles. The molecule has 1 nitrogen and oxygen atoms in total. The summed E-state index contributed by atoms with van der Waals surface area (Å²) in [5.41, 5.74) is 1.36. The molecular weight excluding hydrogens is 148 g/mol. The normalized spacial score (nSPS) is 23.8. The minimum Gasteiger partial charge on any atom is -0.465 e. The quantitative estimate of drug-likeness (QED) is 0.529. The Morgan fingerprint density at radius 3 is 2.75 bits per heavy atom. The van der Waals surface area contributed by atoms with E-state index in [-0.39, 0.29) is 5.41 Å². The number of fused-ring (bicyclic) bond motifs is 1. The second-order valence-electron chi connectivity index (χ2n) is 3.64. The lowest BCUT2D eigenvalue weighted by Gasteiger charge is -2.29. The number of allylic oxidation sites excluding steroid dienone is 6. The summed E-state index contributed by atoms with van der Waals surface area (Å²) in [6, 6.07) is 0. The summed E-state index contributed by atoms with van der Waals surface area (Å²) in [4.78, 5) is 0. The number of ether oxygens (including phenoxy) is 1. The third-order valence-corrected chi connectivity index (χ3v) is 2.26. The molecule has 0 spiro atoms. The van der Waals surface area contributed by atoms with Crippen LogP contribution in [0, 0.1) is 5.41 Å². The van der Waals surface area contributed by atoms with Crippen molar-refractivity contribution in [1.29, 1.82) is 0 Å². The minimum absolute atomic E-state index is 0.106. The SMILES string of the molecule is CC1(C)C=CC=C2OC=CC=C21. The van der Waals surface area contributed by atoms with Crippen molar-refractivity contribution in [2.45, 2.75) is 13.8 Å². The fourth-order valence-corrected chi connectivity index (χ4v) is 1.52. The lowest BCUT2D eigenvalue weighted by atomic mass is 9.79. The molecule has 2 aliphatic rings. The molecule has 2 rings (SSSR count). The van der Waals surface area contributed by atoms with Crippen molar-refractivity contribution in [2.75, 3.05) is 0 Å². The van der Waals surface area contributed by atoms with Gasteiger partial charge in [0.1, 0.15) is 5.76 Å². The van der Waals surface area contributed by atoms with E-state index in [1.54, 1.807) is 6.26 Å². The van der Waals surface area contributed by atoms with Crippen molar-refractivity contribution >= 4 is 0 Å². The van der Waals surface area contributed by atoms with Gasteiger partial charge < -0.3 is 4.74 Å².